The fourth-order valence-electron chi connectivity index (χ4n) is 1.20. The van der Waals surface area contributed by atoms with Gasteiger partial charge in [-0.15, -0.1) is 11.6 Å². The molecule has 0 aliphatic rings. The highest BCUT2D eigenvalue weighted by Crippen LogP contribution is 1.96. The van der Waals surface area contributed by atoms with E-state index in [1.54, 1.807) is 0 Å². The summed E-state index contributed by atoms with van der Waals surface area (Å²) in [6.07, 6.45) is 2.32. The molecule has 0 atom stereocenters. The normalized spacial score (nSPS) is 11.1. The van der Waals surface area contributed by atoms with Gasteiger partial charge in [0.2, 0.25) is 0 Å². The van der Waals surface area contributed by atoms with Gasteiger partial charge in [0.05, 0.1) is 6.61 Å². The Labute approximate surface area is 87.2 Å². The summed E-state index contributed by atoms with van der Waals surface area (Å²) < 4.78 is 5.30. The number of alkyl halides is 1. The molecule has 3 heteroatoms. The summed E-state index contributed by atoms with van der Waals surface area (Å²) in [5.41, 5.74) is 0. The SMILES string of the molecule is CCOCCN(CC)CCCCCl. The van der Waals surface area contributed by atoms with Crippen molar-refractivity contribution in [1.29, 1.82) is 0 Å². The second kappa shape index (κ2) is 10.3. The molecule has 0 amide bonds. The molecule has 0 heterocycles. The maximum absolute atomic E-state index is 5.61. The van der Waals surface area contributed by atoms with E-state index in [4.69, 9.17) is 16.3 Å². The van der Waals surface area contributed by atoms with Crippen LogP contribution in [0.25, 0.3) is 0 Å². The highest BCUT2D eigenvalue weighted by atomic mass is 35.5. The molecule has 0 aromatic heterocycles. The van der Waals surface area contributed by atoms with Crippen LogP contribution in [0.3, 0.4) is 0 Å². The third-order valence-corrected chi connectivity index (χ3v) is 2.33. The first-order valence-electron chi connectivity index (χ1n) is 5.21. The van der Waals surface area contributed by atoms with Crippen molar-refractivity contribution in [3.05, 3.63) is 0 Å². The van der Waals surface area contributed by atoms with E-state index in [-0.39, 0.29) is 0 Å². The van der Waals surface area contributed by atoms with E-state index < -0.39 is 0 Å². The van der Waals surface area contributed by atoms with Crippen LogP contribution in [0, 0.1) is 0 Å². The average Bonchev–Trinajstić information content (AvgIpc) is 2.16. The van der Waals surface area contributed by atoms with E-state index >= 15 is 0 Å². The maximum Gasteiger partial charge on any atom is 0.0593 e. The van der Waals surface area contributed by atoms with Crippen LogP contribution in [0.15, 0.2) is 0 Å². The standard InChI is InChI=1S/C10H22ClNO/c1-3-12(8-6-5-7-11)9-10-13-4-2/h3-10H2,1-2H3. The molecule has 0 fully saturated rings. The number of unbranched alkanes of at least 4 members (excludes halogenated alkanes) is 1. The zero-order chi connectivity index (χ0) is 9.94. The molecule has 0 spiro atoms. The number of rotatable bonds is 9. The van der Waals surface area contributed by atoms with Gasteiger partial charge in [-0.05, 0) is 32.9 Å². The molecular weight excluding hydrogens is 186 g/mol. The van der Waals surface area contributed by atoms with Crippen LogP contribution in [-0.4, -0.2) is 43.6 Å². The van der Waals surface area contributed by atoms with Crippen molar-refractivity contribution in [2.24, 2.45) is 0 Å². The number of hydrogen-bond donors (Lipinski definition) is 0. The van der Waals surface area contributed by atoms with Crippen molar-refractivity contribution in [2.45, 2.75) is 26.7 Å². The predicted octanol–water partition coefficient (Wildman–Crippen LogP) is 2.36. The van der Waals surface area contributed by atoms with Crippen molar-refractivity contribution in [1.82, 2.24) is 4.90 Å². The lowest BCUT2D eigenvalue weighted by Gasteiger charge is -2.19. The Hall–Kier alpha value is 0.210. The molecule has 0 radical (unpaired) electrons. The van der Waals surface area contributed by atoms with Gasteiger partial charge in [0, 0.05) is 19.0 Å². The van der Waals surface area contributed by atoms with E-state index in [1.165, 1.54) is 6.42 Å². The van der Waals surface area contributed by atoms with Gasteiger partial charge in [-0.3, -0.25) is 0 Å². The van der Waals surface area contributed by atoms with E-state index in [0.29, 0.717) is 0 Å². The van der Waals surface area contributed by atoms with Gasteiger partial charge in [0.15, 0.2) is 0 Å². The van der Waals surface area contributed by atoms with Crippen LogP contribution in [0.2, 0.25) is 0 Å². The molecule has 0 aromatic rings. The van der Waals surface area contributed by atoms with Crippen LogP contribution >= 0.6 is 11.6 Å². The fraction of sp³-hybridized carbons (Fsp3) is 1.00. The predicted molar refractivity (Wildman–Crippen MR) is 58.6 cm³/mol. The van der Waals surface area contributed by atoms with E-state index in [2.05, 4.69) is 11.8 Å². The number of halogens is 1. The molecule has 2 nitrogen and oxygen atoms in total. The summed E-state index contributed by atoms with van der Waals surface area (Å²) >= 11 is 5.61. The number of hydrogen-bond acceptors (Lipinski definition) is 2. The van der Waals surface area contributed by atoms with E-state index in [9.17, 15) is 0 Å². The lowest BCUT2D eigenvalue weighted by atomic mass is 10.3. The fourth-order valence-corrected chi connectivity index (χ4v) is 1.38. The molecule has 0 saturated heterocycles. The van der Waals surface area contributed by atoms with Crippen molar-refractivity contribution in [2.75, 3.05) is 38.7 Å². The maximum atomic E-state index is 5.61. The van der Waals surface area contributed by atoms with Crippen LogP contribution in [0.1, 0.15) is 26.7 Å². The van der Waals surface area contributed by atoms with Crippen molar-refractivity contribution >= 4 is 11.6 Å². The summed E-state index contributed by atoms with van der Waals surface area (Å²) in [4.78, 5) is 2.40. The smallest absolute Gasteiger partial charge is 0.0593 e. The molecule has 13 heavy (non-hydrogen) atoms. The Kier molecular flexibility index (Phi) is 10.5. The number of ether oxygens (including phenoxy) is 1. The van der Waals surface area contributed by atoms with Crippen molar-refractivity contribution in [3.8, 4) is 0 Å². The molecule has 0 unspecified atom stereocenters. The van der Waals surface area contributed by atoms with Gasteiger partial charge < -0.3 is 9.64 Å². The zero-order valence-corrected chi connectivity index (χ0v) is 9.65. The van der Waals surface area contributed by atoms with Crippen LogP contribution < -0.4 is 0 Å². The summed E-state index contributed by atoms with van der Waals surface area (Å²) in [6.45, 7) is 9.19. The molecule has 0 rings (SSSR count). The third kappa shape index (κ3) is 8.54. The first-order valence-corrected chi connectivity index (χ1v) is 5.74. The quantitative estimate of drug-likeness (QED) is 0.425. The largest absolute Gasteiger partial charge is 0.380 e. The molecule has 0 N–H and O–H groups in total. The van der Waals surface area contributed by atoms with Gasteiger partial charge in [-0.1, -0.05) is 6.92 Å². The number of likely N-dealkylation sites (N-methyl/N-ethyl adjacent to an activating group) is 1. The minimum absolute atomic E-state index is 0.781. The van der Waals surface area contributed by atoms with Gasteiger partial charge in [0.25, 0.3) is 0 Å². The average molecular weight is 208 g/mol. The molecular formula is C10H22ClNO. The van der Waals surface area contributed by atoms with Crippen LogP contribution in [-0.2, 0) is 4.74 Å². The summed E-state index contributed by atoms with van der Waals surface area (Å²) in [5, 5.41) is 0. The second-order valence-corrected chi connectivity index (χ2v) is 3.41. The van der Waals surface area contributed by atoms with Crippen molar-refractivity contribution in [3.63, 3.8) is 0 Å². The molecule has 0 saturated carbocycles. The van der Waals surface area contributed by atoms with Gasteiger partial charge in [0.1, 0.15) is 0 Å². The Balaban J connectivity index is 3.28. The summed E-state index contributed by atoms with van der Waals surface area (Å²) in [7, 11) is 0. The summed E-state index contributed by atoms with van der Waals surface area (Å²) in [5.74, 6) is 0.781. The topological polar surface area (TPSA) is 12.5 Å². The highest BCUT2D eigenvalue weighted by molar-refractivity contribution is 6.17. The minimum atomic E-state index is 0.781. The molecule has 0 aliphatic heterocycles. The zero-order valence-electron chi connectivity index (χ0n) is 8.89. The van der Waals surface area contributed by atoms with Crippen molar-refractivity contribution < 1.29 is 4.74 Å². The number of nitrogens with zero attached hydrogens (tertiary/aromatic N) is 1. The molecule has 0 aliphatic carbocycles. The highest BCUT2D eigenvalue weighted by Gasteiger charge is 2.00. The molecule has 0 bridgehead atoms. The third-order valence-electron chi connectivity index (χ3n) is 2.06. The minimum Gasteiger partial charge on any atom is -0.380 e. The molecule has 80 valence electrons. The first kappa shape index (κ1) is 13.2. The second-order valence-electron chi connectivity index (χ2n) is 3.03. The van der Waals surface area contributed by atoms with Gasteiger partial charge >= 0.3 is 0 Å². The van der Waals surface area contributed by atoms with Crippen LogP contribution in [0.5, 0.6) is 0 Å². The summed E-state index contributed by atoms with van der Waals surface area (Å²) in [6, 6.07) is 0. The van der Waals surface area contributed by atoms with E-state index in [1.807, 2.05) is 6.92 Å². The Morgan fingerprint density at radius 2 is 1.92 bits per heavy atom. The van der Waals surface area contributed by atoms with Gasteiger partial charge in [-0.2, -0.15) is 0 Å². The Morgan fingerprint density at radius 3 is 2.46 bits per heavy atom. The Bertz CT molecular complexity index is 90.9. The van der Waals surface area contributed by atoms with Crippen LogP contribution in [0.4, 0.5) is 0 Å². The lowest BCUT2D eigenvalue weighted by molar-refractivity contribution is 0.115. The molecule has 0 aromatic carbocycles. The first-order chi connectivity index (χ1) is 6.35. The van der Waals surface area contributed by atoms with E-state index in [0.717, 1.165) is 45.1 Å². The monoisotopic (exact) mass is 207 g/mol. The lowest BCUT2D eigenvalue weighted by Crippen LogP contribution is -2.28. The Morgan fingerprint density at radius 1 is 1.15 bits per heavy atom. The van der Waals surface area contributed by atoms with Gasteiger partial charge in [-0.25, -0.2) is 0 Å².